The molecule has 0 unspecified atom stereocenters. The molecule has 0 atom stereocenters. The summed E-state index contributed by atoms with van der Waals surface area (Å²) < 4.78 is 10.4. The van der Waals surface area contributed by atoms with E-state index in [4.69, 9.17) is 9.47 Å². The van der Waals surface area contributed by atoms with Crippen molar-refractivity contribution in [1.29, 1.82) is 0 Å². The van der Waals surface area contributed by atoms with Gasteiger partial charge in [-0.2, -0.15) is 0 Å². The van der Waals surface area contributed by atoms with E-state index in [9.17, 15) is 9.59 Å². The van der Waals surface area contributed by atoms with Crippen LogP contribution in [0.25, 0.3) is 0 Å². The van der Waals surface area contributed by atoms with E-state index in [1.54, 1.807) is 67.9 Å². The standard InChI is InChI=1S/C21H19N3O4/c1-27-18-9-8-17(12-19(18)28-2)24-20(25)14-5-3-7-16(11-14)23-21(26)15-6-4-10-22-13-15/h3-13H,1-2H3,(H,23,26)(H,24,25). The summed E-state index contributed by atoms with van der Waals surface area (Å²) in [6.07, 6.45) is 3.07. The number of rotatable bonds is 6. The normalized spacial score (nSPS) is 10.1. The highest BCUT2D eigenvalue weighted by molar-refractivity contribution is 6.07. The molecule has 7 heteroatoms. The predicted molar refractivity (Wildman–Crippen MR) is 106 cm³/mol. The third-order valence-electron chi connectivity index (χ3n) is 3.95. The van der Waals surface area contributed by atoms with E-state index in [-0.39, 0.29) is 11.8 Å². The summed E-state index contributed by atoms with van der Waals surface area (Å²) in [5, 5.41) is 5.55. The molecule has 3 aromatic rings. The molecule has 0 bridgehead atoms. The van der Waals surface area contributed by atoms with Gasteiger partial charge in [-0.3, -0.25) is 14.6 Å². The summed E-state index contributed by atoms with van der Waals surface area (Å²) in [6.45, 7) is 0. The fourth-order valence-corrected chi connectivity index (χ4v) is 2.56. The van der Waals surface area contributed by atoms with E-state index in [0.717, 1.165) is 0 Å². The second-order valence-corrected chi connectivity index (χ2v) is 5.80. The summed E-state index contributed by atoms with van der Waals surface area (Å²) >= 11 is 0. The van der Waals surface area contributed by atoms with Gasteiger partial charge in [0.1, 0.15) is 0 Å². The molecule has 0 aliphatic rings. The first-order valence-electron chi connectivity index (χ1n) is 8.45. The van der Waals surface area contributed by atoms with Gasteiger partial charge in [0.15, 0.2) is 11.5 Å². The zero-order valence-corrected chi connectivity index (χ0v) is 15.4. The lowest BCUT2D eigenvalue weighted by molar-refractivity contribution is 0.101. The second-order valence-electron chi connectivity index (χ2n) is 5.80. The molecule has 0 fully saturated rings. The molecular formula is C21H19N3O4. The average molecular weight is 377 g/mol. The van der Waals surface area contributed by atoms with Crippen molar-refractivity contribution in [3.05, 3.63) is 78.1 Å². The molecule has 0 saturated carbocycles. The Morgan fingerprint density at radius 3 is 2.14 bits per heavy atom. The maximum Gasteiger partial charge on any atom is 0.257 e. The summed E-state index contributed by atoms with van der Waals surface area (Å²) in [4.78, 5) is 28.7. The highest BCUT2D eigenvalue weighted by atomic mass is 16.5. The van der Waals surface area contributed by atoms with Crippen LogP contribution in [0.2, 0.25) is 0 Å². The van der Waals surface area contributed by atoms with Gasteiger partial charge in [-0.1, -0.05) is 6.07 Å². The molecule has 1 aromatic heterocycles. The van der Waals surface area contributed by atoms with E-state index in [2.05, 4.69) is 15.6 Å². The van der Waals surface area contributed by atoms with Crippen LogP contribution in [0.3, 0.4) is 0 Å². The second kappa shape index (κ2) is 8.68. The van der Waals surface area contributed by atoms with Gasteiger partial charge in [-0.15, -0.1) is 0 Å². The lowest BCUT2D eigenvalue weighted by atomic mass is 10.1. The smallest absolute Gasteiger partial charge is 0.257 e. The van der Waals surface area contributed by atoms with E-state index in [1.807, 2.05) is 0 Å². The fourth-order valence-electron chi connectivity index (χ4n) is 2.56. The topological polar surface area (TPSA) is 89.6 Å². The maximum atomic E-state index is 12.6. The maximum absolute atomic E-state index is 12.6. The molecule has 2 aromatic carbocycles. The molecule has 0 aliphatic heterocycles. The molecule has 2 amide bonds. The van der Waals surface area contributed by atoms with Gasteiger partial charge in [0.05, 0.1) is 19.8 Å². The van der Waals surface area contributed by atoms with Crippen molar-refractivity contribution in [3.8, 4) is 11.5 Å². The highest BCUT2D eigenvalue weighted by Gasteiger charge is 2.11. The summed E-state index contributed by atoms with van der Waals surface area (Å²) in [5.41, 5.74) is 1.91. The van der Waals surface area contributed by atoms with Gasteiger partial charge in [0.25, 0.3) is 11.8 Å². The van der Waals surface area contributed by atoms with E-state index >= 15 is 0 Å². The molecule has 3 rings (SSSR count). The number of pyridine rings is 1. The summed E-state index contributed by atoms with van der Waals surface area (Å²) in [5.74, 6) is 0.466. The molecule has 28 heavy (non-hydrogen) atoms. The van der Waals surface area contributed by atoms with Crippen molar-refractivity contribution in [2.45, 2.75) is 0 Å². The van der Waals surface area contributed by atoms with Crippen molar-refractivity contribution in [2.24, 2.45) is 0 Å². The lowest BCUT2D eigenvalue weighted by Crippen LogP contribution is -2.14. The monoisotopic (exact) mass is 377 g/mol. The first-order chi connectivity index (χ1) is 13.6. The molecule has 7 nitrogen and oxygen atoms in total. The van der Waals surface area contributed by atoms with Gasteiger partial charge >= 0.3 is 0 Å². The quantitative estimate of drug-likeness (QED) is 0.685. The van der Waals surface area contributed by atoms with Crippen LogP contribution < -0.4 is 20.1 Å². The number of amides is 2. The minimum Gasteiger partial charge on any atom is -0.493 e. The van der Waals surface area contributed by atoms with Crippen LogP contribution >= 0.6 is 0 Å². The van der Waals surface area contributed by atoms with Crippen LogP contribution in [0.1, 0.15) is 20.7 Å². The number of anilines is 2. The Bertz CT molecular complexity index is 990. The summed E-state index contributed by atoms with van der Waals surface area (Å²) in [7, 11) is 3.07. The van der Waals surface area contributed by atoms with Gasteiger partial charge in [-0.25, -0.2) is 0 Å². The number of nitrogens with zero attached hydrogens (tertiary/aromatic N) is 1. The van der Waals surface area contributed by atoms with Crippen LogP contribution in [0.4, 0.5) is 11.4 Å². The predicted octanol–water partition coefficient (Wildman–Crippen LogP) is 3.60. The van der Waals surface area contributed by atoms with E-state index in [0.29, 0.717) is 34.0 Å². The average Bonchev–Trinajstić information content (AvgIpc) is 2.74. The number of benzene rings is 2. The van der Waals surface area contributed by atoms with Crippen LogP contribution in [0.15, 0.2) is 67.0 Å². The molecule has 0 radical (unpaired) electrons. The molecule has 0 aliphatic carbocycles. The van der Waals surface area contributed by atoms with Gasteiger partial charge in [-0.05, 0) is 42.5 Å². The van der Waals surface area contributed by atoms with Crippen molar-refractivity contribution >= 4 is 23.2 Å². The molecule has 1 heterocycles. The number of hydrogen-bond donors (Lipinski definition) is 2. The number of methoxy groups -OCH3 is 2. The van der Waals surface area contributed by atoms with E-state index in [1.165, 1.54) is 13.3 Å². The minimum atomic E-state index is -0.315. The largest absolute Gasteiger partial charge is 0.493 e. The Balaban J connectivity index is 1.73. The molecule has 142 valence electrons. The van der Waals surface area contributed by atoms with Gasteiger partial charge < -0.3 is 20.1 Å². The van der Waals surface area contributed by atoms with Crippen LogP contribution in [0.5, 0.6) is 11.5 Å². The number of hydrogen-bond acceptors (Lipinski definition) is 5. The van der Waals surface area contributed by atoms with Crippen molar-refractivity contribution < 1.29 is 19.1 Å². The number of carbonyl (C=O) groups excluding carboxylic acids is 2. The van der Waals surface area contributed by atoms with Crippen LogP contribution in [-0.2, 0) is 0 Å². The first-order valence-corrected chi connectivity index (χ1v) is 8.45. The molecule has 0 saturated heterocycles. The number of carbonyl (C=O) groups is 2. The van der Waals surface area contributed by atoms with Crippen molar-refractivity contribution in [1.82, 2.24) is 4.98 Å². The van der Waals surface area contributed by atoms with Crippen molar-refractivity contribution in [2.75, 3.05) is 24.9 Å². The van der Waals surface area contributed by atoms with Gasteiger partial charge in [0, 0.05) is 35.4 Å². The zero-order valence-electron chi connectivity index (χ0n) is 15.4. The summed E-state index contributed by atoms with van der Waals surface area (Å²) in [6, 6.07) is 15.1. The first kappa shape index (κ1) is 18.9. The Morgan fingerprint density at radius 1 is 0.786 bits per heavy atom. The Hall–Kier alpha value is -3.87. The van der Waals surface area contributed by atoms with Gasteiger partial charge in [0.2, 0.25) is 0 Å². The SMILES string of the molecule is COc1ccc(NC(=O)c2cccc(NC(=O)c3cccnc3)c2)cc1OC. The fraction of sp³-hybridized carbons (Fsp3) is 0.0952. The minimum absolute atomic E-state index is 0.300. The Labute approximate surface area is 162 Å². The van der Waals surface area contributed by atoms with E-state index < -0.39 is 0 Å². The Kier molecular flexibility index (Phi) is 5.86. The molecule has 0 spiro atoms. The Morgan fingerprint density at radius 2 is 1.46 bits per heavy atom. The van der Waals surface area contributed by atoms with Crippen molar-refractivity contribution in [3.63, 3.8) is 0 Å². The zero-order chi connectivity index (χ0) is 19.9. The third-order valence-corrected chi connectivity index (χ3v) is 3.95. The number of ether oxygens (including phenoxy) is 2. The third kappa shape index (κ3) is 4.45. The molecular weight excluding hydrogens is 358 g/mol. The van der Waals surface area contributed by atoms with Crippen LogP contribution in [0, 0.1) is 0 Å². The number of nitrogens with one attached hydrogen (secondary N) is 2. The van der Waals surface area contributed by atoms with Crippen LogP contribution in [-0.4, -0.2) is 31.0 Å². The molecule has 2 N–H and O–H groups in total. The number of aromatic nitrogens is 1. The lowest BCUT2D eigenvalue weighted by Gasteiger charge is -2.11. The highest BCUT2D eigenvalue weighted by Crippen LogP contribution is 2.30.